The quantitative estimate of drug-likeness (QED) is 0.695. The SMILES string of the molecule is O=c1[nH]c(=O)n([C@@H]2C[C@@H](O)[C@H](CO)O2)cc1OCc1ccccc1. The molecule has 0 unspecified atom stereocenters. The monoisotopic (exact) mass is 334 g/mol. The summed E-state index contributed by atoms with van der Waals surface area (Å²) in [4.78, 5) is 26.0. The Kier molecular flexibility index (Phi) is 4.79. The lowest BCUT2D eigenvalue weighted by molar-refractivity contribution is -0.0461. The Morgan fingerprint density at radius 3 is 2.71 bits per heavy atom. The van der Waals surface area contributed by atoms with Crippen LogP contribution < -0.4 is 16.0 Å². The van der Waals surface area contributed by atoms with E-state index in [4.69, 9.17) is 14.6 Å². The number of benzene rings is 1. The van der Waals surface area contributed by atoms with Gasteiger partial charge in [0.15, 0.2) is 0 Å². The number of H-pyrrole nitrogens is 1. The fraction of sp³-hybridized carbons (Fsp3) is 0.375. The molecular weight excluding hydrogens is 316 g/mol. The number of aliphatic hydroxyl groups excluding tert-OH is 2. The maximum Gasteiger partial charge on any atom is 0.330 e. The van der Waals surface area contributed by atoms with E-state index < -0.39 is 29.7 Å². The third kappa shape index (κ3) is 3.40. The first-order valence-corrected chi connectivity index (χ1v) is 7.55. The standard InChI is InChI=1S/C16H18N2O6/c19-8-13-11(20)6-14(24-13)18-7-12(15(21)17-16(18)22)23-9-10-4-2-1-3-5-10/h1-5,7,11,13-14,19-20H,6,8-9H2,(H,17,21,22)/t11-,13+,14+/m1/s1. The summed E-state index contributed by atoms with van der Waals surface area (Å²) in [6.07, 6.45) is -1.02. The van der Waals surface area contributed by atoms with Gasteiger partial charge in [-0.15, -0.1) is 0 Å². The van der Waals surface area contributed by atoms with E-state index >= 15 is 0 Å². The Morgan fingerprint density at radius 2 is 2.04 bits per heavy atom. The molecule has 24 heavy (non-hydrogen) atoms. The Labute approximate surface area is 136 Å². The summed E-state index contributed by atoms with van der Waals surface area (Å²) in [6, 6.07) is 9.29. The molecule has 0 amide bonds. The minimum absolute atomic E-state index is 0.0241. The average molecular weight is 334 g/mol. The van der Waals surface area contributed by atoms with Gasteiger partial charge in [0.1, 0.15) is 18.9 Å². The van der Waals surface area contributed by atoms with Crippen LogP contribution in [-0.4, -0.2) is 38.6 Å². The molecule has 1 aliphatic rings. The molecule has 3 rings (SSSR count). The third-order valence-corrected chi connectivity index (χ3v) is 3.87. The molecule has 1 aromatic heterocycles. The second-order valence-corrected chi connectivity index (χ2v) is 5.55. The topological polar surface area (TPSA) is 114 Å². The zero-order valence-electron chi connectivity index (χ0n) is 12.8. The van der Waals surface area contributed by atoms with Crippen molar-refractivity contribution in [1.82, 2.24) is 9.55 Å². The summed E-state index contributed by atoms with van der Waals surface area (Å²) < 4.78 is 12.1. The van der Waals surface area contributed by atoms with Gasteiger partial charge in [-0.3, -0.25) is 14.3 Å². The summed E-state index contributed by atoms with van der Waals surface area (Å²) >= 11 is 0. The van der Waals surface area contributed by atoms with Crippen LogP contribution >= 0.6 is 0 Å². The van der Waals surface area contributed by atoms with Gasteiger partial charge >= 0.3 is 5.69 Å². The van der Waals surface area contributed by atoms with Crippen LogP contribution in [0.4, 0.5) is 0 Å². The third-order valence-electron chi connectivity index (χ3n) is 3.87. The van der Waals surface area contributed by atoms with E-state index in [0.717, 1.165) is 10.1 Å². The molecule has 0 saturated carbocycles. The van der Waals surface area contributed by atoms with Gasteiger partial charge in [0, 0.05) is 6.42 Å². The lowest BCUT2D eigenvalue weighted by Gasteiger charge is -2.15. The molecule has 1 aromatic carbocycles. The zero-order valence-corrected chi connectivity index (χ0v) is 12.8. The highest BCUT2D eigenvalue weighted by Gasteiger charge is 2.35. The molecule has 0 aliphatic carbocycles. The minimum atomic E-state index is -0.882. The predicted molar refractivity (Wildman–Crippen MR) is 83.7 cm³/mol. The van der Waals surface area contributed by atoms with E-state index in [0.29, 0.717) is 0 Å². The van der Waals surface area contributed by atoms with E-state index in [2.05, 4.69) is 4.98 Å². The van der Waals surface area contributed by atoms with Crippen LogP contribution in [0.25, 0.3) is 0 Å². The molecule has 0 bridgehead atoms. The maximum absolute atomic E-state index is 12.0. The molecule has 128 valence electrons. The Balaban J connectivity index is 1.81. The van der Waals surface area contributed by atoms with Gasteiger partial charge < -0.3 is 19.7 Å². The number of rotatable bonds is 5. The normalized spacial score (nSPS) is 23.3. The van der Waals surface area contributed by atoms with Crippen molar-refractivity contribution in [3.63, 3.8) is 0 Å². The molecule has 8 heteroatoms. The van der Waals surface area contributed by atoms with Crippen molar-refractivity contribution in [1.29, 1.82) is 0 Å². The fourth-order valence-corrected chi connectivity index (χ4v) is 2.57. The van der Waals surface area contributed by atoms with E-state index in [1.54, 1.807) is 0 Å². The second kappa shape index (κ2) is 7.00. The predicted octanol–water partition coefficient (Wildman–Crippen LogP) is -0.244. The van der Waals surface area contributed by atoms with E-state index in [9.17, 15) is 14.7 Å². The maximum atomic E-state index is 12.0. The van der Waals surface area contributed by atoms with E-state index in [1.165, 1.54) is 6.20 Å². The van der Waals surface area contributed by atoms with Gasteiger partial charge in [-0.05, 0) is 5.56 Å². The molecule has 2 heterocycles. The minimum Gasteiger partial charge on any atom is -0.482 e. The first-order chi connectivity index (χ1) is 11.6. The largest absolute Gasteiger partial charge is 0.482 e. The fourth-order valence-electron chi connectivity index (χ4n) is 2.57. The lowest BCUT2D eigenvalue weighted by atomic mass is 10.2. The summed E-state index contributed by atoms with van der Waals surface area (Å²) in [7, 11) is 0. The molecule has 0 spiro atoms. The summed E-state index contributed by atoms with van der Waals surface area (Å²) in [5, 5.41) is 18.9. The van der Waals surface area contributed by atoms with Crippen LogP contribution in [-0.2, 0) is 11.3 Å². The van der Waals surface area contributed by atoms with Crippen molar-refractivity contribution in [3.05, 3.63) is 62.9 Å². The molecule has 3 atom stereocenters. The molecule has 8 nitrogen and oxygen atoms in total. The van der Waals surface area contributed by atoms with Gasteiger partial charge in [0.2, 0.25) is 5.75 Å². The smallest absolute Gasteiger partial charge is 0.330 e. The van der Waals surface area contributed by atoms with Crippen LogP contribution in [0, 0.1) is 0 Å². The number of aliphatic hydroxyl groups is 2. The van der Waals surface area contributed by atoms with Gasteiger partial charge in [-0.1, -0.05) is 30.3 Å². The van der Waals surface area contributed by atoms with E-state index in [1.807, 2.05) is 30.3 Å². The van der Waals surface area contributed by atoms with Crippen molar-refractivity contribution in [2.75, 3.05) is 6.61 Å². The average Bonchev–Trinajstić information content (AvgIpc) is 2.95. The van der Waals surface area contributed by atoms with E-state index in [-0.39, 0.29) is 25.4 Å². The number of hydrogen-bond donors (Lipinski definition) is 3. The Hall–Kier alpha value is -2.42. The zero-order chi connectivity index (χ0) is 17.1. The highest BCUT2D eigenvalue weighted by atomic mass is 16.5. The van der Waals surface area contributed by atoms with Crippen molar-refractivity contribution >= 4 is 0 Å². The van der Waals surface area contributed by atoms with Gasteiger partial charge in [0.05, 0.1) is 18.9 Å². The Morgan fingerprint density at radius 1 is 1.29 bits per heavy atom. The summed E-state index contributed by atoms with van der Waals surface area (Å²) in [6.45, 7) is -0.178. The molecule has 1 saturated heterocycles. The molecule has 2 aromatic rings. The summed E-state index contributed by atoms with van der Waals surface area (Å²) in [5.74, 6) is -0.0241. The number of ether oxygens (including phenoxy) is 2. The molecule has 1 fully saturated rings. The highest BCUT2D eigenvalue weighted by Crippen LogP contribution is 2.27. The van der Waals surface area contributed by atoms with Crippen molar-refractivity contribution in [3.8, 4) is 5.75 Å². The van der Waals surface area contributed by atoms with Crippen LogP contribution in [0.3, 0.4) is 0 Å². The van der Waals surface area contributed by atoms with Crippen LogP contribution in [0.5, 0.6) is 5.75 Å². The van der Waals surface area contributed by atoms with Gasteiger partial charge in [0.25, 0.3) is 5.56 Å². The Bertz CT molecular complexity index is 800. The number of aromatic amines is 1. The lowest BCUT2D eigenvalue weighted by Crippen LogP contribution is -2.33. The van der Waals surface area contributed by atoms with Gasteiger partial charge in [-0.25, -0.2) is 4.79 Å². The molecule has 0 radical (unpaired) electrons. The number of nitrogens with zero attached hydrogens (tertiary/aromatic N) is 1. The van der Waals surface area contributed by atoms with Gasteiger partial charge in [-0.2, -0.15) is 0 Å². The molecule has 1 aliphatic heterocycles. The van der Waals surface area contributed by atoms with Crippen LogP contribution in [0.2, 0.25) is 0 Å². The molecule has 3 N–H and O–H groups in total. The van der Waals surface area contributed by atoms with Crippen LogP contribution in [0.15, 0.2) is 46.1 Å². The van der Waals surface area contributed by atoms with Crippen molar-refractivity contribution < 1.29 is 19.7 Å². The number of aromatic nitrogens is 2. The van der Waals surface area contributed by atoms with Crippen molar-refractivity contribution in [2.45, 2.75) is 31.5 Å². The highest BCUT2D eigenvalue weighted by molar-refractivity contribution is 5.17. The van der Waals surface area contributed by atoms with Crippen molar-refractivity contribution in [2.24, 2.45) is 0 Å². The summed E-state index contributed by atoms with van der Waals surface area (Å²) in [5.41, 5.74) is -0.421. The second-order valence-electron chi connectivity index (χ2n) is 5.55. The first-order valence-electron chi connectivity index (χ1n) is 7.55. The number of hydrogen-bond acceptors (Lipinski definition) is 6. The first kappa shape index (κ1) is 16.4. The molecular formula is C16H18N2O6. The van der Waals surface area contributed by atoms with Crippen LogP contribution in [0.1, 0.15) is 18.2 Å². The number of nitrogens with one attached hydrogen (secondary N) is 1.